The van der Waals surface area contributed by atoms with Gasteiger partial charge in [0.25, 0.3) is 0 Å². The Morgan fingerprint density at radius 2 is 2.00 bits per heavy atom. The smallest absolute Gasteiger partial charge is 0.489 e. The van der Waals surface area contributed by atoms with E-state index in [1.165, 1.54) is 16.8 Å². The van der Waals surface area contributed by atoms with Crippen LogP contribution in [0.15, 0.2) is 24.3 Å². The zero-order chi connectivity index (χ0) is 18.2. The molecule has 9 nitrogen and oxygen atoms in total. The van der Waals surface area contributed by atoms with Crippen molar-refractivity contribution in [1.82, 2.24) is 14.8 Å². The van der Waals surface area contributed by atoms with Crippen LogP contribution in [-0.4, -0.2) is 38.3 Å². The number of ether oxygens (including phenoxy) is 3. The van der Waals surface area contributed by atoms with Crippen molar-refractivity contribution >= 4 is 5.95 Å². The molecule has 1 aliphatic heterocycles. The summed E-state index contributed by atoms with van der Waals surface area (Å²) in [6.45, 7) is 1.90. The molecule has 134 valence electrons. The molecule has 0 saturated heterocycles. The van der Waals surface area contributed by atoms with Crippen molar-refractivity contribution in [3.05, 3.63) is 34.4 Å². The van der Waals surface area contributed by atoms with E-state index in [1.807, 2.05) is 0 Å². The van der Waals surface area contributed by atoms with E-state index in [1.54, 1.807) is 6.92 Å². The second kappa shape index (κ2) is 5.79. The zero-order valence-corrected chi connectivity index (χ0v) is 12.7. The van der Waals surface area contributed by atoms with Gasteiger partial charge < -0.3 is 24.3 Å². The van der Waals surface area contributed by atoms with Gasteiger partial charge in [-0.1, -0.05) is 0 Å². The van der Waals surface area contributed by atoms with Gasteiger partial charge in [-0.2, -0.15) is 0 Å². The molecule has 1 aromatic carbocycles. The second-order valence-corrected chi connectivity index (χ2v) is 5.47. The fourth-order valence-electron chi connectivity index (χ4n) is 2.19. The standard InChI is InChI=1S/C13H11F3N4O5/c1-12(6-19-11(25-12)17-10(18-19)20(21)22)7-23-8-2-4-9(5-3-8)24-13(14,15)16/h2-5H,6-7H2,1H3. The minimum Gasteiger partial charge on any atom is -0.489 e. The van der Waals surface area contributed by atoms with E-state index < -0.39 is 22.8 Å². The van der Waals surface area contributed by atoms with Crippen LogP contribution in [0.3, 0.4) is 0 Å². The third-order valence-corrected chi connectivity index (χ3v) is 3.21. The summed E-state index contributed by atoms with van der Waals surface area (Å²) in [5.74, 6) is -0.610. The lowest BCUT2D eigenvalue weighted by Crippen LogP contribution is -2.38. The van der Waals surface area contributed by atoms with E-state index in [0.717, 1.165) is 12.1 Å². The molecule has 1 aliphatic rings. The molecule has 1 unspecified atom stereocenters. The predicted octanol–water partition coefficient (Wildman–Crippen LogP) is 2.31. The molecule has 0 fully saturated rings. The van der Waals surface area contributed by atoms with Gasteiger partial charge in [-0.15, -0.1) is 17.9 Å². The van der Waals surface area contributed by atoms with Crippen LogP contribution in [0.5, 0.6) is 17.5 Å². The molecule has 0 spiro atoms. The number of alkyl halides is 3. The molecule has 1 aromatic heterocycles. The van der Waals surface area contributed by atoms with Crippen LogP contribution in [0.25, 0.3) is 0 Å². The molecule has 2 aromatic rings. The molecule has 3 rings (SSSR count). The number of nitrogens with zero attached hydrogens (tertiary/aromatic N) is 4. The van der Waals surface area contributed by atoms with Crippen molar-refractivity contribution in [2.45, 2.75) is 25.4 Å². The number of aromatic nitrogens is 3. The molecule has 0 aliphatic carbocycles. The Labute approximate surface area is 138 Å². The fraction of sp³-hybridized carbons (Fsp3) is 0.385. The van der Waals surface area contributed by atoms with Gasteiger partial charge in [0.1, 0.15) is 24.7 Å². The Bertz CT molecular complexity index is 766. The van der Waals surface area contributed by atoms with E-state index >= 15 is 0 Å². The molecular weight excluding hydrogens is 349 g/mol. The molecule has 1 atom stereocenters. The molecular formula is C13H11F3N4O5. The first-order chi connectivity index (χ1) is 11.6. The van der Waals surface area contributed by atoms with E-state index in [2.05, 4.69) is 14.8 Å². The number of rotatable bonds is 5. The van der Waals surface area contributed by atoms with Crippen LogP contribution in [0.4, 0.5) is 19.1 Å². The Morgan fingerprint density at radius 3 is 2.56 bits per heavy atom. The van der Waals surface area contributed by atoms with Gasteiger partial charge in [0, 0.05) is 5.10 Å². The lowest BCUT2D eigenvalue weighted by atomic mass is 10.1. The highest BCUT2D eigenvalue weighted by atomic mass is 19.4. The van der Waals surface area contributed by atoms with Crippen LogP contribution < -0.4 is 14.2 Å². The second-order valence-electron chi connectivity index (χ2n) is 5.47. The largest absolute Gasteiger partial charge is 0.573 e. The van der Waals surface area contributed by atoms with E-state index in [-0.39, 0.29) is 24.9 Å². The molecule has 2 heterocycles. The highest BCUT2D eigenvalue weighted by Crippen LogP contribution is 2.30. The average Bonchev–Trinajstić information content (AvgIpc) is 3.00. The summed E-state index contributed by atoms with van der Waals surface area (Å²) >= 11 is 0. The molecule has 0 amide bonds. The fourth-order valence-corrected chi connectivity index (χ4v) is 2.19. The first kappa shape index (κ1) is 16.8. The van der Waals surface area contributed by atoms with Crippen LogP contribution in [0.2, 0.25) is 0 Å². The normalized spacial score (nSPS) is 19.2. The number of hydrogen-bond donors (Lipinski definition) is 0. The third kappa shape index (κ3) is 3.89. The van der Waals surface area contributed by atoms with Crippen LogP contribution >= 0.6 is 0 Å². The predicted molar refractivity (Wildman–Crippen MR) is 74.3 cm³/mol. The number of hydrogen-bond acceptors (Lipinski definition) is 7. The van der Waals surface area contributed by atoms with Crippen molar-refractivity contribution in [2.24, 2.45) is 0 Å². The Morgan fingerprint density at radius 1 is 1.36 bits per heavy atom. The third-order valence-electron chi connectivity index (χ3n) is 3.21. The molecule has 0 bridgehead atoms. The number of benzene rings is 1. The van der Waals surface area contributed by atoms with Crippen molar-refractivity contribution in [1.29, 1.82) is 0 Å². The number of halogens is 3. The van der Waals surface area contributed by atoms with E-state index in [9.17, 15) is 23.3 Å². The van der Waals surface area contributed by atoms with Gasteiger partial charge in [-0.3, -0.25) is 0 Å². The first-order valence-electron chi connectivity index (χ1n) is 6.90. The molecule has 0 N–H and O–H groups in total. The molecule has 12 heteroatoms. The van der Waals surface area contributed by atoms with Crippen molar-refractivity contribution in [3.8, 4) is 17.5 Å². The maximum Gasteiger partial charge on any atom is 0.573 e. The molecule has 0 saturated carbocycles. The van der Waals surface area contributed by atoms with Crippen molar-refractivity contribution in [3.63, 3.8) is 0 Å². The first-order valence-corrected chi connectivity index (χ1v) is 6.90. The highest BCUT2D eigenvalue weighted by molar-refractivity contribution is 5.31. The minimum absolute atomic E-state index is 0.00623. The van der Waals surface area contributed by atoms with Gasteiger partial charge in [-0.25, -0.2) is 0 Å². The Hall–Kier alpha value is -3.05. The lowest BCUT2D eigenvalue weighted by Gasteiger charge is -2.21. The summed E-state index contributed by atoms with van der Waals surface area (Å²) in [5.41, 5.74) is -0.869. The summed E-state index contributed by atoms with van der Waals surface area (Å²) in [7, 11) is 0. The van der Waals surface area contributed by atoms with E-state index in [0.29, 0.717) is 5.75 Å². The summed E-state index contributed by atoms with van der Waals surface area (Å²) < 4.78 is 52.3. The summed E-state index contributed by atoms with van der Waals surface area (Å²) in [6, 6.07) is 4.89. The minimum atomic E-state index is -4.76. The van der Waals surface area contributed by atoms with Crippen molar-refractivity contribution in [2.75, 3.05) is 6.61 Å². The van der Waals surface area contributed by atoms with Crippen LogP contribution in [0, 0.1) is 10.1 Å². The lowest BCUT2D eigenvalue weighted by molar-refractivity contribution is -0.394. The van der Waals surface area contributed by atoms with Gasteiger partial charge in [0.2, 0.25) is 0 Å². The zero-order valence-electron chi connectivity index (χ0n) is 12.7. The van der Waals surface area contributed by atoms with Crippen LogP contribution in [0.1, 0.15) is 6.92 Å². The summed E-state index contributed by atoms with van der Waals surface area (Å²) in [4.78, 5) is 13.5. The number of fused-ring (bicyclic) bond motifs is 1. The maximum absolute atomic E-state index is 12.1. The van der Waals surface area contributed by atoms with Crippen molar-refractivity contribution < 1.29 is 32.3 Å². The van der Waals surface area contributed by atoms with Gasteiger partial charge in [0.15, 0.2) is 5.60 Å². The molecule has 25 heavy (non-hydrogen) atoms. The SMILES string of the molecule is CC1(COc2ccc(OC(F)(F)F)cc2)Cn2nc([N+](=O)[O-])nc2O1. The van der Waals surface area contributed by atoms with Gasteiger partial charge in [0.05, 0.1) is 0 Å². The highest BCUT2D eigenvalue weighted by Gasteiger charge is 2.42. The Balaban J connectivity index is 1.58. The van der Waals surface area contributed by atoms with Gasteiger partial charge >= 0.3 is 18.3 Å². The van der Waals surface area contributed by atoms with Gasteiger partial charge in [-0.05, 0) is 41.1 Å². The van der Waals surface area contributed by atoms with E-state index in [4.69, 9.17) is 9.47 Å². The monoisotopic (exact) mass is 360 g/mol. The topological polar surface area (TPSA) is 102 Å². The number of nitro groups is 1. The summed E-state index contributed by atoms with van der Waals surface area (Å²) in [6.07, 6.45) is -4.76. The van der Waals surface area contributed by atoms with Crippen LogP contribution in [-0.2, 0) is 6.54 Å². The average molecular weight is 360 g/mol. The quantitative estimate of drug-likeness (QED) is 0.596. The molecule has 0 radical (unpaired) electrons. The summed E-state index contributed by atoms with van der Waals surface area (Å²) in [5, 5.41) is 14.3. The Kier molecular flexibility index (Phi) is 3.89. The maximum atomic E-state index is 12.1.